The summed E-state index contributed by atoms with van der Waals surface area (Å²) in [6, 6.07) is 17.3. The third-order valence-corrected chi connectivity index (χ3v) is 4.97. The lowest BCUT2D eigenvalue weighted by atomic mass is 10.0. The molecule has 4 rings (SSSR count). The minimum absolute atomic E-state index is 0.228. The molecule has 0 aliphatic carbocycles. The van der Waals surface area contributed by atoms with Crippen molar-refractivity contribution in [3.05, 3.63) is 88.6 Å². The summed E-state index contributed by atoms with van der Waals surface area (Å²) < 4.78 is 5.67. The standard InChI is InChI=1S/C23H18ClN3O3/c1-14-19(9-7-16-12-25-27-22(14)16)26-21(28)13-30-20-10-8-17(24)11-18(20)23(29)15-5-3-2-4-6-15/h2-12H,13H2,1H3,(H,25,27)(H,26,28). The molecule has 1 amide bonds. The van der Waals surface area contributed by atoms with Gasteiger partial charge in [0.05, 0.1) is 17.3 Å². The van der Waals surface area contributed by atoms with Gasteiger partial charge in [0.25, 0.3) is 5.91 Å². The van der Waals surface area contributed by atoms with E-state index in [4.69, 9.17) is 16.3 Å². The number of H-pyrrole nitrogens is 1. The molecule has 150 valence electrons. The highest BCUT2D eigenvalue weighted by Gasteiger charge is 2.17. The molecule has 0 unspecified atom stereocenters. The Kier molecular flexibility index (Phi) is 5.50. The molecule has 0 spiro atoms. The summed E-state index contributed by atoms with van der Waals surface area (Å²) in [6.45, 7) is 1.64. The Morgan fingerprint density at radius 1 is 1.10 bits per heavy atom. The maximum atomic E-state index is 12.9. The van der Waals surface area contributed by atoms with Gasteiger partial charge in [0.1, 0.15) is 5.75 Å². The van der Waals surface area contributed by atoms with E-state index in [0.717, 1.165) is 16.5 Å². The van der Waals surface area contributed by atoms with E-state index in [9.17, 15) is 9.59 Å². The zero-order valence-electron chi connectivity index (χ0n) is 16.1. The van der Waals surface area contributed by atoms with Gasteiger partial charge in [-0.25, -0.2) is 0 Å². The molecule has 30 heavy (non-hydrogen) atoms. The first kappa shape index (κ1) is 19.7. The number of hydrogen-bond donors (Lipinski definition) is 2. The monoisotopic (exact) mass is 419 g/mol. The molecule has 3 aromatic carbocycles. The van der Waals surface area contributed by atoms with Crippen LogP contribution < -0.4 is 10.1 Å². The van der Waals surface area contributed by atoms with Crippen molar-refractivity contribution in [1.82, 2.24) is 10.2 Å². The number of nitrogens with zero attached hydrogens (tertiary/aromatic N) is 1. The Morgan fingerprint density at radius 2 is 1.90 bits per heavy atom. The molecule has 0 bridgehead atoms. The number of halogens is 1. The first-order valence-electron chi connectivity index (χ1n) is 9.27. The lowest BCUT2D eigenvalue weighted by Crippen LogP contribution is -2.21. The van der Waals surface area contributed by atoms with Crippen LogP contribution >= 0.6 is 11.6 Å². The van der Waals surface area contributed by atoms with E-state index in [0.29, 0.717) is 27.6 Å². The highest BCUT2D eigenvalue weighted by Crippen LogP contribution is 2.26. The number of aryl methyl sites for hydroxylation is 1. The van der Waals surface area contributed by atoms with Gasteiger partial charge >= 0.3 is 0 Å². The Labute approximate surface area is 177 Å². The number of carbonyl (C=O) groups is 2. The van der Waals surface area contributed by atoms with Crippen LogP contribution in [0.5, 0.6) is 5.75 Å². The first-order chi connectivity index (χ1) is 14.5. The van der Waals surface area contributed by atoms with E-state index < -0.39 is 0 Å². The molecule has 6 nitrogen and oxygen atoms in total. The van der Waals surface area contributed by atoms with Gasteiger partial charge in [-0.3, -0.25) is 14.7 Å². The van der Waals surface area contributed by atoms with Gasteiger partial charge in [-0.05, 0) is 42.8 Å². The second-order valence-corrected chi connectivity index (χ2v) is 7.18. The van der Waals surface area contributed by atoms with E-state index in [1.807, 2.05) is 25.1 Å². The molecule has 1 aromatic heterocycles. The van der Waals surface area contributed by atoms with E-state index >= 15 is 0 Å². The molecule has 0 saturated carbocycles. The van der Waals surface area contributed by atoms with Crippen molar-refractivity contribution < 1.29 is 14.3 Å². The van der Waals surface area contributed by atoms with E-state index in [-0.39, 0.29) is 18.3 Å². The number of aromatic amines is 1. The van der Waals surface area contributed by atoms with Gasteiger partial charge in [-0.15, -0.1) is 0 Å². The van der Waals surface area contributed by atoms with Crippen molar-refractivity contribution in [2.45, 2.75) is 6.92 Å². The first-order valence-corrected chi connectivity index (χ1v) is 9.65. The molecular formula is C23H18ClN3O3. The van der Waals surface area contributed by atoms with Crippen LogP contribution in [0.2, 0.25) is 5.02 Å². The Morgan fingerprint density at radius 3 is 2.70 bits per heavy atom. The van der Waals surface area contributed by atoms with Crippen LogP contribution in [0.4, 0.5) is 5.69 Å². The largest absolute Gasteiger partial charge is 0.483 e. The summed E-state index contributed by atoms with van der Waals surface area (Å²) in [5.41, 5.74) is 3.22. The van der Waals surface area contributed by atoms with Crippen LogP contribution in [0.15, 0.2) is 66.9 Å². The van der Waals surface area contributed by atoms with Crippen molar-refractivity contribution in [1.29, 1.82) is 0 Å². The molecule has 0 radical (unpaired) electrons. The zero-order chi connectivity index (χ0) is 21.1. The third kappa shape index (κ3) is 4.04. The van der Waals surface area contributed by atoms with Gasteiger partial charge in [-0.1, -0.05) is 41.9 Å². The summed E-state index contributed by atoms with van der Waals surface area (Å²) >= 11 is 6.08. The second-order valence-electron chi connectivity index (χ2n) is 6.74. The number of ether oxygens (including phenoxy) is 1. The Bertz CT molecular complexity index is 1240. The van der Waals surface area contributed by atoms with Crippen molar-refractivity contribution in [2.24, 2.45) is 0 Å². The number of nitrogens with one attached hydrogen (secondary N) is 2. The van der Waals surface area contributed by atoms with Crippen LogP contribution in [-0.4, -0.2) is 28.5 Å². The van der Waals surface area contributed by atoms with Gasteiger partial charge in [0, 0.05) is 21.7 Å². The minimum Gasteiger partial charge on any atom is -0.483 e. The molecule has 0 aliphatic rings. The summed E-state index contributed by atoms with van der Waals surface area (Å²) in [5, 5.41) is 11.1. The van der Waals surface area contributed by atoms with Crippen molar-refractivity contribution in [2.75, 3.05) is 11.9 Å². The average Bonchev–Trinajstić information content (AvgIpc) is 3.24. The number of ketones is 1. The van der Waals surface area contributed by atoms with Crippen LogP contribution in [0, 0.1) is 6.92 Å². The predicted octanol–water partition coefficient (Wildman–Crippen LogP) is 4.77. The fourth-order valence-electron chi connectivity index (χ4n) is 3.17. The van der Waals surface area contributed by atoms with Crippen molar-refractivity contribution in [3.8, 4) is 5.75 Å². The number of anilines is 1. The summed E-state index contributed by atoms with van der Waals surface area (Å²) in [7, 11) is 0. The Balaban J connectivity index is 1.50. The van der Waals surface area contributed by atoms with Crippen LogP contribution in [-0.2, 0) is 4.79 Å². The number of fused-ring (bicyclic) bond motifs is 1. The lowest BCUT2D eigenvalue weighted by molar-refractivity contribution is -0.118. The molecule has 4 aromatic rings. The summed E-state index contributed by atoms with van der Waals surface area (Å²) in [5.74, 6) is -0.275. The Hall–Kier alpha value is -3.64. The topological polar surface area (TPSA) is 84.1 Å². The smallest absolute Gasteiger partial charge is 0.262 e. The number of carbonyl (C=O) groups excluding carboxylic acids is 2. The highest BCUT2D eigenvalue weighted by molar-refractivity contribution is 6.31. The van der Waals surface area contributed by atoms with Crippen molar-refractivity contribution >= 4 is 39.9 Å². The summed E-state index contributed by atoms with van der Waals surface area (Å²) in [6.07, 6.45) is 1.73. The third-order valence-electron chi connectivity index (χ3n) is 4.73. The molecular weight excluding hydrogens is 402 g/mol. The molecule has 1 heterocycles. The number of rotatable bonds is 6. The molecule has 0 saturated heterocycles. The summed E-state index contributed by atoms with van der Waals surface area (Å²) in [4.78, 5) is 25.3. The van der Waals surface area contributed by atoms with Gasteiger partial charge < -0.3 is 10.1 Å². The number of hydrogen-bond acceptors (Lipinski definition) is 4. The number of aromatic nitrogens is 2. The van der Waals surface area contributed by atoms with Gasteiger partial charge in [0.15, 0.2) is 12.4 Å². The van der Waals surface area contributed by atoms with Gasteiger partial charge in [0.2, 0.25) is 0 Å². The van der Waals surface area contributed by atoms with Gasteiger partial charge in [-0.2, -0.15) is 5.10 Å². The normalized spacial score (nSPS) is 10.7. The fraction of sp³-hybridized carbons (Fsp3) is 0.0870. The van der Waals surface area contributed by atoms with E-state index in [1.165, 1.54) is 0 Å². The maximum Gasteiger partial charge on any atom is 0.262 e. The predicted molar refractivity (Wildman–Crippen MR) is 116 cm³/mol. The highest BCUT2D eigenvalue weighted by atomic mass is 35.5. The maximum absolute atomic E-state index is 12.9. The molecule has 7 heteroatoms. The zero-order valence-corrected chi connectivity index (χ0v) is 16.9. The number of amides is 1. The average molecular weight is 420 g/mol. The molecule has 0 atom stereocenters. The molecule has 0 fully saturated rings. The van der Waals surface area contributed by atoms with E-state index in [2.05, 4.69) is 15.5 Å². The fourth-order valence-corrected chi connectivity index (χ4v) is 3.34. The van der Waals surface area contributed by atoms with Crippen LogP contribution in [0.25, 0.3) is 10.9 Å². The quantitative estimate of drug-likeness (QED) is 0.441. The second kappa shape index (κ2) is 8.39. The van der Waals surface area contributed by atoms with Crippen molar-refractivity contribution in [3.63, 3.8) is 0 Å². The molecule has 2 N–H and O–H groups in total. The SMILES string of the molecule is Cc1c(NC(=O)COc2ccc(Cl)cc2C(=O)c2ccccc2)ccc2cn[nH]c12. The van der Waals surface area contributed by atoms with Crippen LogP contribution in [0.1, 0.15) is 21.5 Å². The van der Waals surface area contributed by atoms with E-state index in [1.54, 1.807) is 48.7 Å². The lowest BCUT2D eigenvalue weighted by Gasteiger charge is -2.13. The minimum atomic E-state index is -0.343. The molecule has 0 aliphatic heterocycles. The van der Waals surface area contributed by atoms with Crippen LogP contribution in [0.3, 0.4) is 0 Å². The number of benzene rings is 3.